The molecule has 11 nitrogen and oxygen atoms in total. The highest BCUT2D eigenvalue weighted by molar-refractivity contribution is 8.00. The highest BCUT2D eigenvalue weighted by Crippen LogP contribution is 2.37. The van der Waals surface area contributed by atoms with Crippen molar-refractivity contribution in [3.8, 4) is 0 Å². The zero-order valence-corrected chi connectivity index (χ0v) is 15.7. The summed E-state index contributed by atoms with van der Waals surface area (Å²) in [6.07, 6.45) is -0.879. The second-order valence-electron chi connectivity index (χ2n) is 6.70. The summed E-state index contributed by atoms with van der Waals surface area (Å²) in [4.78, 5) is 44.4. The Morgan fingerprint density at radius 1 is 1.22 bits per heavy atom. The maximum absolute atomic E-state index is 12.0. The molecule has 0 bridgehead atoms. The molecule has 150 valence electrons. The van der Waals surface area contributed by atoms with E-state index >= 15 is 0 Å². The maximum Gasteiger partial charge on any atom is 0.348 e. The first-order chi connectivity index (χ1) is 12.6. The minimum Gasteiger partial charge on any atom is -0.479 e. The first-order valence-corrected chi connectivity index (χ1v) is 10.8. The molecule has 0 aromatic carbocycles. The molecule has 0 spiro atoms. The highest BCUT2D eigenvalue weighted by Gasteiger charge is 2.60. The number of rotatable bonds is 7. The largest absolute Gasteiger partial charge is 0.479 e. The molecule has 3 fully saturated rings. The number of carboxylic acids is 1. The van der Waals surface area contributed by atoms with Gasteiger partial charge < -0.3 is 15.7 Å². The predicted octanol–water partition coefficient (Wildman–Crippen LogP) is -0.860. The van der Waals surface area contributed by atoms with E-state index in [1.54, 1.807) is 11.8 Å². The average Bonchev–Trinajstić information content (AvgIpc) is 3.19. The van der Waals surface area contributed by atoms with Crippen LogP contribution in [-0.2, 0) is 24.5 Å². The molecule has 3 aliphatic heterocycles. The van der Waals surface area contributed by atoms with Gasteiger partial charge in [0.15, 0.2) is 0 Å². The molecule has 13 heteroatoms. The monoisotopic (exact) mass is 421 g/mol. The van der Waals surface area contributed by atoms with Crippen LogP contribution in [0.5, 0.6) is 0 Å². The van der Waals surface area contributed by atoms with Gasteiger partial charge in [0.05, 0.1) is 12.1 Å². The molecule has 3 heterocycles. The van der Waals surface area contributed by atoms with E-state index in [0.717, 1.165) is 0 Å². The summed E-state index contributed by atoms with van der Waals surface area (Å²) in [5.41, 5.74) is 0. The van der Waals surface area contributed by atoms with Crippen LogP contribution in [0.4, 0.5) is 4.79 Å². The van der Waals surface area contributed by atoms with E-state index in [-0.39, 0.29) is 47.5 Å². The number of hydrogen-bond donors (Lipinski definition) is 4. The Kier molecular flexibility index (Phi) is 5.12. The molecule has 27 heavy (non-hydrogen) atoms. The fourth-order valence-electron chi connectivity index (χ4n) is 3.83. The second-order valence-corrected chi connectivity index (χ2v) is 9.60. The Hall–Kier alpha value is -1.86. The summed E-state index contributed by atoms with van der Waals surface area (Å²) in [5.74, 6) is -3.19. The topological polar surface area (TPSA) is 170 Å². The summed E-state index contributed by atoms with van der Waals surface area (Å²) in [7, 11) is -5.30. The number of carbonyl (C=O) groups is 4. The summed E-state index contributed by atoms with van der Waals surface area (Å²) >= 11 is 1.55. The van der Waals surface area contributed by atoms with E-state index < -0.39 is 39.2 Å². The van der Waals surface area contributed by atoms with Crippen LogP contribution in [0, 0.1) is 0 Å². The van der Waals surface area contributed by atoms with Gasteiger partial charge in [0.2, 0.25) is 11.8 Å². The van der Waals surface area contributed by atoms with Gasteiger partial charge in [-0.3, -0.25) is 14.1 Å². The smallest absolute Gasteiger partial charge is 0.348 e. The number of fused-ring (bicyclic) bond motifs is 1. The van der Waals surface area contributed by atoms with Crippen molar-refractivity contribution in [2.45, 2.75) is 54.3 Å². The third-order valence-corrected chi connectivity index (χ3v) is 8.04. The van der Waals surface area contributed by atoms with Crippen molar-refractivity contribution < 1.29 is 37.3 Å². The van der Waals surface area contributed by atoms with Crippen LogP contribution in [0.1, 0.15) is 32.1 Å². The second kappa shape index (κ2) is 6.95. The molecule has 0 aromatic heterocycles. The van der Waals surface area contributed by atoms with Crippen LogP contribution in [0.3, 0.4) is 0 Å². The fraction of sp³-hybridized carbons (Fsp3) is 0.714. The summed E-state index contributed by atoms with van der Waals surface area (Å²) < 4.78 is 33.6. The maximum atomic E-state index is 12.0. The van der Waals surface area contributed by atoms with E-state index in [0.29, 0.717) is 12.2 Å². The summed E-state index contributed by atoms with van der Waals surface area (Å²) in [5, 5.41) is 15.0. The lowest BCUT2D eigenvalue weighted by atomic mass is 10.0. The Balaban J connectivity index is 1.78. The molecule has 0 radical (unpaired) electrons. The lowest BCUT2D eigenvalue weighted by Gasteiger charge is -2.34. The minimum absolute atomic E-state index is 0.0138. The van der Waals surface area contributed by atoms with Gasteiger partial charge in [0, 0.05) is 23.8 Å². The number of aliphatic carboxylic acids is 1. The van der Waals surface area contributed by atoms with Crippen LogP contribution in [0.25, 0.3) is 0 Å². The molecule has 4 amide bonds. The number of carboxylic acid groups (broad SMARTS) is 1. The third kappa shape index (κ3) is 3.27. The van der Waals surface area contributed by atoms with Gasteiger partial charge in [-0.25, -0.2) is 14.5 Å². The number of amides is 4. The van der Waals surface area contributed by atoms with Gasteiger partial charge in [-0.05, 0) is 19.3 Å². The number of thioether (sulfide) groups is 1. The molecule has 3 rings (SSSR count). The van der Waals surface area contributed by atoms with Crippen LogP contribution in [-0.4, -0.2) is 74.7 Å². The Morgan fingerprint density at radius 2 is 1.85 bits per heavy atom. The van der Waals surface area contributed by atoms with Crippen molar-refractivity contribution in [3.05, 3.63) is 0 Å². The number of urea groups is 1. The molecule has 1 unspecified atom stereocenters. The molecule has 3 saturated heterocycles. The summed E-state index contributed by atoms with van der Waals surface area (Å²) in [6, 6.07) is -0.510. The molecule has 0 saturated carbocycles. The first kappa shape index (κ1) is 19.9. The van der Waals surface area contributed by atoms with E-state index in [9.17, 15) is 37.3 Å². The van der Waals surface area contributed by atoms with Crippen LogP contribution in [0.2, 0.25) is 0 Å². The minimum atomic E-state index is -5.30. The normalized spacial score (nSPS) is 30.0. The average molecular weight is 421 g/mol. The predicted molar refractivity (Wildman–Crippen MR) is 92.3 cm³/mol. The van der Waals surface area contributed by atoms with Crippen LogP contribution >= 0.6 is 11.8 Å². The molecule has 4 atom stereocenters. The van der Waals surface area contributed by atoms with Gasteiger partial charge in [0.25, 0.3) is 4.87 Å². The lowest BCUT2D eigenvalue weighted by molar-refractivity contribution is -0.157. The van der Waals surface area contributed by atoms with E-state index in [1.807, 2.05) is 0 Å². The third-order valence-electron chi connectivity index (χ3n) is 5.12. The van der Waals surface area contributed by atoms with Crippen LogP contribution < -0.4 is 10.6 Å². The summed E-state index contributed by atoms with van der Waals surface area (Å²) in [6.45, 7) is 0. The zero-order chi connectivity index (χ0) is 20.0. The fourth-order valence-corrected chi connectivity index (χ4v) is 6.44. The zero-order valence-electron chi connectivity index (χ0n) is 14.1. The van der Waals surface area contributed by atoms with Crippen molar-refractivity contribution in [1.29, 1.82) is 0 Å². The Morgan fingerprint density at radius 3 is 2.41 bits per heavy atom. The SMILES string of the molecule is O=C1N[C@H]2[C@H](CS[C@H]2CCCC(C(=O)O)(N2C(=O)CCC2=O)S(=O)(=O)O)N1. The molecule has 0 aliphatic carbocycles. The molecule has 4 N–H and O–H groups in total. The number of carbonyl (C=O) groups excluding carboxylic acids is 3. The number of nitrogens with zero attached hydrogens (tertiary/aromatic N) is 1. The van der Waals surface area contributed by atoms with Crippen molar-refractivity contribution in [2.75, 3.05) is 5.75 Å². The van der Waals surface area contributed by atoms with Gasteiger partial charge in [-0.15, -0.1) is 0 Å². The molecule has 0 aromatic rings. The van der Waals surface area contributed by atoms with Gasteiger partial charge in [-0.2, -0.15) is 20.2 Å². The Bertz CT molecular complexity index is 784. The number of imide groups is 1. The molecular weight excluding hydrogens is 402 g/mol. The van der Waals surface area contributed by atoms with Crippen molar-refractivity contribution in [1.82, 2.24) is 15.5 Å². The first-order valence-electron chi connectivity index (χ1n) is 8.33. The number of nitrogens with one attached hydrogen (secondary N) is 2. The quantitative estimate of drug-likeness (QED) is 0.232. The Labute approximate surface area is 159 Å². The van der Waals surface area contributed by atoms with E-state index in [1.165, 1.54) is 0 Å². The van der Waals surface area contributed by atoms with Gasteiger partial charge >= 0.3 is 22.1 Å². The van der Waals surface area contributed by atoms with Gasteiger partial charge in [0.1, 0.15) is 0 Å². The van der Waals surface area contributed by atoms with Gasteiger partial charge in [-0.1, -0.05) is 0 Å². The standard InChI is InChI=1S/C14H19N3O8S2/c18-9-3-4-10(19)17(9)14(12(20)21,27(23,24)25)5-1-2-8-11-7(6-26-8)15-13(22)16-11/h7-8,11H,1-6H2,(H,20,21)(H2,15,16,22)(H,23,24,25)/t7-,8-,11-,14?/m0/s1. The lowest BCUT2D eigenvalue weighted by Crippen LogP contribution is -2.61. The molecule has 3 aliphatic rings. The number of hydrogen-bond acceptors (Lipinski definition) is 7. The molecular formula is C14H19N3O8S2. The van der Waals surface area contributed by atoms with E-state index in [4.69, 9.17) is 0 Å². The highest BCUT2D eigenvalue weighted by atomic mass is 32.2. The van der Waals surface area contributed by atoms with E-state index in [2.05, 4.69) is 10.6 Å². The van der Waals surface area contributed by atoms with Crippen molar-refractivity contribution in [2.24, 2.45) is 0 Å². The van der Waals surface area contributed by atoms with Crippen molar-refractivity contribution in [3.63, 3.8) is 0 Å². The number of likely N-dealkylation sites (tertiary alicyclic amines) is 1. The van der Waals surface area contributed by atoms with Crippen LogP contribution in [0.15, 0.2) is 0 Å². The van der Waals surface area contributed by atoms with Crippen molar-refractivity contribution >= 4 is 45.7 Å².